The smallest absolute Gasteiger partial charge is 0.180 e. The van der Waals surface area contributed by atoms with Crippen molar-refractivity contribution < 1.29 is 9.47 Å². The number of ether oxygens (including phenoxy) is 2. The molecule has 0 atom stereocenters. The summed E-state index contributed by atoms with van der Waals surface area (Å²) in [6.07, 6.45) is 1.81. The molecule has 5 heteroatoms. The van der Waals surface area contributed by atoms with Gasteiger partial charge >= 0.3 is 0 Å². The predicted molar refractivity (Wildman–Crippen MR) is 95.7 cm³/mol. The summed E-state index contributed by atoms with van der Waals surface area (Å²) in [5.41, 5.74) is 1.91. The summed E-state index contributed by atoms with van der Waals surface area (Å²) in [5, 5.41) is 4.39. The normalized spacial score (nSPS) is 10.4. The van der Waals surface area contributed by atoms with Crippen molar-refractivity contribution in [1.29, 1.82) is 0 Å². The molecule has 0 saturated heterocycles. The molecule has 2 aromatic carbocycles. The number of halogens is 2. The van der Waals surface area contributed by atoms with Crippen LogP contribution in [0.3, 0.4) is 0 Å². The zero-order valence-electron chi connectivity index (χ0n) is 12.9. The molecule has 0 unspecified atom stereocenters. The van der Waals surface area contributed by atoms with E-state index < -0.39 is 0 Å². The van der Waals surface area contributed by atoms with Gasteiger partial charge in [0, 0.05) is 23.7 Å². The zero-order valence-corrected chi connectivity index (χ0v) is 14.5. The zero-order chi connectivity index (χ0) is 16.7. The fourth-order valence-electron chi connectivity index (χ4n) is 2.10. The van der Waals surface area contributed by atoms with E-state index in [9.17, 15) is 0 Å². The minimum atomic E-state index is 0.323. The molecule has 2 aromatic rings. The maximum absolute atomic E-state index is 6.35. The Balaban J connectivity index is 2.14. The molecule has 0 radical (unpaired) electrons. The Kier molecular flexibility index (Phi) is 6.78. The molecular formula is C18H19Cl2NO2. The first-order valence-corrected chi connectivity index (χ1v) is 7.95. The lowest BCUT2D eigenvalue weighted by Gasteiger charge is -2.15. The van der Waals surface area contributed by atoms with Gasteiger partial charge in [-0.3, -0.25) is 0 Å². The summed E-state index contributed by atoms with van der Waals surface area (Å²) in [7, 11) is 1.59. The molecule has 1 N–H and O–H groups in total. The Morgan fingerprint density at radius 1 is 1.17 bits per heavy atom. The molecule has 0 heterocycles. The fraction of sp³-hybridized carbons (Fsp3) is 0.222. The van der Waals surface area contributed by atoms with E-state index in [0.29, 0.717) is 34.7 Å². The lowest BCUT2D eigenvalue weighted by molar-refractivity contribution is 0.284. The molecule has 0 aromatic heterocycles. The topological polar surface area (TPSA) is 30.5 Å². The van der Waals surface area contributed by atoms with Gasteiger partial charge in [-0.1, -0.05) is 47.5 Å². The van der Waals surface area contributed by atoms with Crippen LogP contribution >= 0.6 is 23.2 Å². The van der Waals surface area contributed by atoms with E-state index in [1.54, 1.807) is 13.2 Å². The maximum Gasteiger partial charge on any atom is 0.180 e. The van der Waals surface area contributed by atoms with Crippen LogP contribution in [0.25, 0.3) is 0 Å². The molecule has 0 bridgehead atoms. The third-order valence-corrected chi connectivity index (χ3v) is 3.89. The van der Waals surface area contributed by atoms with Gasteiger partial charge in [0.1, 0.15) is 6.61 Å². The highest BCUT2D eigenvalue weighted by atomic mass is 35.5. The van der Waals surface area contributed by atoms with Gasteiger partial charge in [0.05, 0.1) is 12.1 Å². The largest absolute Gasteiger partial charge is 0.493 e. The van der Waals surface area contributed by atoms with Crippen LogP contribution in [0, 0.1) is 0 Å². The molecule has 0 saturated carbocycles. The van der Waals surface area contributed by atoms with Gasteiger partial charge in [-0.25, -0.2) is 0 Å². The highest BCUT2D eigenvalue weighted by Gasteiger charge is 2.13. The number of hydrogen-bond acceptors (Lipinski definition) is 3. The van der Waals surface area contributed by atoms with Crippen LogP contribution in [0.15, 0.2) is 49.1 Å². The van der Waals surface area contributed by atoms with Gasteiger partial charge in [0.2, 0.25) is 0 Å². The van der Waals surface area contributed by atoms with Crippen LogP contribution in [0.1, 0.15) is 11.1 Å². The van der Waals surface area contributed by atoms with Crippen LogP contribution in [0.5, 0.6) is 11.5 Å². The predicted octanol–water partition coefficient (Wildman–Crippen LogP) is 4.86. The third-order valence-electron chi connectivity index (χ3n) is 3.24. The maximum atomic E-state index is 6.35. The number of rotatable bonds is 8. The SMILES string of the molecule is C=CCNCc1cc(Cl)c(OCc2ccccc2Cl)c(OC)c1. The van der Waals surface area contributed by atoms with Gasteiger partial charge in [-0.05, 0) is 23.8 Å². The van der Waals surface area contributed by atoms with Crippen LogP contribution in [0.2, 0.25) is 10.0 Å². The lowest BCUT2D eigenvalue weighted by atomic mass is 10.2. The molecule has 0 aliphatic carbocycles. The van der Waals surface area contributed by atoms with Gasteiger partial charge < -0.3 is 14.8 Å². The summed E-state index contributed by atoms with van der Waals surface area (Å²) in [6.45, 7) is 5.40. The fourth-order valence-corrected chi connectivity index (χ4v) is 2.58. The van der Waals surface area contributed by atoms with E-state index in [1.165, 1.54) is 0 Å². The summed E-state index contributed by atoms with van der Waals surface area (Å²) in [6, 6.07) is 11.3. The van der Waals surface area contributed by atoms with Gasteiger partial charge in [-0.2, -0.15) is 0 Å². The first kappa shape index (κ1) is 17.7. The Hall–Kier alpha value is -1.68. The van der Waals surface area contributed by atoms with E-state index in [0.717, 1.165) is 17.7 Å². The Morgan fingerprint density at radius 3 is 2.65 bits per heavy atom. The molecule has 122 valence electrons. The van der Waals surface area contributed by atoms with Crippen molar-refractivity contribution in [3.8, 4) is 11.5 Å². The summed E-state index contributed by atoms with van der Waals surface area (Å²) < 4.78 is 11.2. The Bertz CT molecular complexity index is 674. The molecule has 0 spiro atoms. The molecular weight excluding hydrogens is 333 g/mol. The number of nitrogens with one attached hydrogen (secondary N) is 1. The number of hydrogen-bond donors (Lipinski definition) is 1. The lowest BCUT2D eigenvalue weighted by Crippen LogP contribution is -2.12. The number of methoxy groups -OCH3 is 1. The Morgan fingerprint density at radius 2 is 1.96 bits per heavy atom. The molecule has 2 rings (SSSR count). The molecule has 0 amide bonds. The van der Waals surface area contributed by atoms with E-state index in [2.05, 4.69) is 11.9 Å². The second-order valence-corrected chi connectivity index (χ2v) is 5.72. The highest BCUT2D eigenvalue weighted by molar-refractivity contribution is 6.32. The van der Waals surface area contributed by atoms with Crippen LogP contribution < -0.4 is 14.8 Å². The summed E-state index contributed by atoms with van der Waals surface area (Å²) in [5.74, 6) is 1.11. The standard InChI is InChI=1S/C18H19Cl2NO2/c1-3-8-21-11-13-9-16(20)18(17(10-13)22-2)23-12-14-6-4-5-7-15(14)19/h3-7,9-10,21H,1,8,11-12H2,2H3. The van der Waals surface area contributed by atoms with Crippen molar-refractivity contribution in [2.45, 2.75) is 13.2 Å². The second kappa shape index (κ2) is 8.82. The van der Waals surface area contributed by atoms with E-state index in [4.69, 9.17) is 32.7 Å². The van der Waals surface area contributed by atoms with E-state index >= 15 is 0 Å². The summed E-state index contributed by atoms with van der Waals surface area (Å²) in [4.78, 5) is 0. The Labute approximate surface area is 146 Å². The quantitative estimate of drug-likeness (QED) is 0.544. The molecule has 0 fully saturated rings. The van der Waals surface area contributed by atoms with E-state index in [1.807, 2.05) is 36.4 Å². The highest BCUT2D eigenvalue weighted by Crippen LogP contribution is 2.37. The van der Waals surface area contributed by atoms with Crippen molar-refractivity contribution in [1.82, 2.24) is 5.32 Å². The molecule has 3 nitrogen and oxygen atoms in total. The van der Waals surface area contributed by atoms with Crippen molar-refractivity contribution in [2.75, 3.05) is 13.7 Å². The minimum Gasteiger partial charge on any atom is -0.493 e. The monoisotopic (exact) mass is 351 g/mol. The van der Waals surface area contributed by atoms with Gasteiger partial charge in [-0.15, -0.1) is 6.58 Å². The van der Waals surface area contributed by atoms with E-state index in [-0.39, 0.29) is 0 Å². The second-order valence-electron chi connectivity index (χ2n) is 4.91. The number of benzene rings is 2. The molecule has 0 aliphatic heterocycles. The summed E-state index contributed by atoms with van der Waals surface area (Å²) >= 11 is 12.5. The van der Waals surface area contributed by atoms with Gasteiger partial charge in [0.15, 0.2) is 11.5 Å². The minimum absolute atomic E-state index is 0.323. The average molecular weight is 352 g/mol. The van der Waals surface area contributed by atoms with Crippen molar-refractivity contribution in [2.24, 2.45) is 0 Å². The molecule has 0 aliphatic rings. The van der Waals surface area contributed by atoms with Crippen molar-refractivity contribution in [3.05, 3.63) is 70.2 Å². The third kappa shape index (κ3) is 4.90. The first-order valence-electron chi connectivity index (χ1n) is 7.20. The van der Waals surface area contributed by atoms with Crippen LogP contribution in [-0.2, 0) is 13.2 Å². The van der Waals surface area contributed by atoms with Crippen LogP contribution in [0.4, 0.5) is 0 Å². The van der Waals surface area contributed by atoms with Gasteiger partial charge in [0.25, 0.3) is 0 Å². The first-order chi connectivity index (χ1) is 11.2. The van der Waals surface area contributed by atoms with Crippen LogP contribution in [-0.4, -0.2) is 13.7 Å². The van der Waals surface area contributed by atoms with Crippen molar-refractivity contribution in [3.63, 3.8) is 0 Å². The molecule has 23 heavy (non-hydrogen) atoms. The average Bonchev–Trinajstić information content (AvgIpc) is 2.55. The van der Waals surface area contributed by atoms with Crippen molar-refractivity contribution >= 4 is 23.2 Å².